The van der Waals surface area contributed by atoms with Crippen LogP contribution in [0.4, 0.5) is 10.5 Å². The fourth-order valence-electron chi connectivity index (χ4n) is 4.91. The van der Waals surface area contributed by atoms with Crippen LogP contribution in [0.2, 0.25) is 5.28 Å². The van der Waals surface area contributed by atoms with Crippen LogP contribution in [0.15, 0.2) is 53.0 Å². The van der Waals surface area contributed by atoms with E-state index in [1.54, 1.807) is 0 Å². The molecule has 4 rings (SSSR count). The van der Waals surface area contributed by atoms with E-state index >= 15 is 0 Å². The van der Waals surface area contributed by atoms with Gasteiger partial charge in [0.15, 0.2) is 5.82 Å². The number of benzene rings is 2. The number of aromatic amines is 1. The number of carbonyl (C=O) groups is 2. The Morgan fingerprint density at radius 3 is 2.24 bits per heavy atom. The molecule has 1 fully saturated rings. The molecule has 9 nitrogen and oxygen atoms in total. The van der Waals surface area contributed by atoms with Crippen LogP contribution >= 0.6 is 27.5 Å². The maximum atomic E-state index is 13.4. The van der Waals surface area contributed by atoms with E-state index in [2.05, 4.69) is 47.1 Å². The number of amides is 2. The van der Waals surface area contributed by atoms with Crippen molar-refractivity contribution in [2.24, 2.45) is 11.8 Å². The van der Waals surface area contributed by atoms with Gasteiger partial charge in [-0.15, -0.1) is 0 Å². The minimum absolute atomic E-state index is 0.0862. The summed E-state index contributed by atoms with van der Waals surface area (Å²) in [6, 6.07) is 15.0. The van der Waals surface area contributed by atoms with Gasteiger partial charge in [0.2, 0.25) is 11.2 Å². The van der Waals surface area contributed by atoms with Gasteiger partial charge < -0.3 is 20.7 Å². The average Bonchev–Trinajstić information content (AvgIpc) is 3.37. The first-order valence-electron chi connectivity index (χ1n) is 14.0. The molecule has 0 radical (unpaired) electrons. The monoisotopic (exact) mass is 644 g/mol. The highest BCUT2D eigenvalue weighted by molar-refractivity contribution is 9.10. The Labute approximate surface area is 254 Å². The van der Waals surface area contributed by atoms with Crippen molar-refractivity contribution in [2.75, 3.05) is 18.4 Å². The van der Waals surface area contributed by atoms with Gasteiger partial charge in [-0.05, 0) is 125 Å². The first-order chi connectivity index (χ1) is 19.5. The Kier molecular flexibility index (Phi) is 10.8. The van der Waals surface area contributed by atoms with Crippen molar-refractivity contribution >= 4 is 45.2 Å². The molecule has 1 heterocycles. The molecule has 41 heavy (non-hydrogen) atoms. The Hall–Kier alpha value is -2.95. The molecule has 0 aliphatic heterocycles. The van der Waals surface area contributed by atoms with E-state index in [1.807, 2.05) is 69.3 Å². The van der Waals surface area contributed by atoms with Gasteiger partial charge in [-0.3, -0.25) is 4.79 Å². The molecular weight excluding hydrogens is 608 g/mol. The molecule has 220 valence electrons. The minimum Gasteiger partial charge on any atom is -0.444 e. The number of hydrogen-bond acceptors (Lipinski definition) is 6. The smallest absolute Gasteiger partial charge is 0.407 e. The van der Waals surface area contributed by atoms with Gasteiger partial charge in [0.25, 0.3) is 0 Å². The molecule has 0 bridgehead atoms. The Morgan fingerprint density at radius 1 is 1.02 bits per heavy atom. The summed E-state index contributed by atoms with van der Waals surface area (Å²) in [5.41, 5.74) is 2.07. The second-order valence-electron chi connectivity index (χ2n) is 11.6. The van der Waals surface area contributed by atoms with Crippen molar-refractivity contribution in [1.82, 2.24) is 25.8 Å². The lowest BCUT2D eigenvalue weighted by Gasteiger charge is -2.30. The first-order valence-corrected chi connectivity index (χ1v) is 15.1. The lowest BCUT2D eigenvalue weighted by atomic mass is 9.82. The van der Waals surface area contributed by atoms with Gasteiger partial charge in [0.1, 0.15) is 5.60 Å². The van der Waals surface area contributed by atoms with Gasteiger partial charge >= 0.3 is 6.09 Å². The third-order valence-corrected chi connectivity index (χ3v) is 7.79. The van der Waals surface area contributed by atoms with E-state index in [0.29, 0.717) is 36.3 Å². The SMILES string of the molecule is CC(C)(C)OC(=O)NCC1CCC(CNC(Cc2ccc(Br)cc2)C(=O)Nc2ccc(-c3n[nH]c(Cl)n3)cc2)CC1. The van der Waals surface area contributed by atoms with Gasteiger partial charge in [0.05, 0.1) is 6.04 Å². The number of nitrogens with zero attached hydrogens (tertiary/aromatic N) is 2. The molecule has 1 unspecified atom stereocenters. The Balaban J connectivity index is 1.31. The summed E-state index contributed by atoms with van der Waals surface area (Å²) in [4.78, 5) is 29.6. The summed E-state index contributed by atoms with van der Waals surface area (Å²) in [6.45, 7) is 6.97. The van der Waals surface area contributed by atoms with Crippen molar-refractivity contribution in [2.45, 2.75) is 64.5 Å². The standard InChI is InChI=1S/C30H38BrClN6O3/c1-30(2,3)41-29(40)34-18-21-6-4-20(5-7-21)17-33-25(16-19-8-12-23(31)13-9-19)27(39)35-24-14-10-22(11-15-24)26-36-28(32)38-37-26/h8-15,20-21,25,33H,4-7,16-18H2,1-3H3,(H,34,40)(H,35,39)(H,36,37,38). The molecule has 1 aromatic heterocycles. The van der Waals surface area contributed by atoms with Gasteiger partial charge in [0, 0.05) is 22.3 Å². The number of alkyl carbamates (subject to hydrolysis) is 1. The average molecular weight is 646 g/mol. The predicted octanol–water partition coefficient (Wildman–Crippen LogP) is 6.36. The number of rotatable bonds is 10. The van der Waals surface area contributed by atoms with E-state index in [9.17, 15) is 9.59 Å². The van der Waals surface area contributed by atoms with Crippen LogP contribution in [-0.2, 0) is 16.0 Å². The quantitative estimate of drug-likeness (QED) is 0.204. The van der Waals surface area contributed by atoms with Crippen molar-refractivity contribution < 1.29 is 14.3 Å². The molecule has 2 amide bonds. The fraction of sp³-hybridized carbons (Fsp3) is 0.467. The summed E-state index contributed by atoms with van der Waals surface area (Å²) in [5.74, 6) is 1.33. The molecular formula is C30H38BrClN6O3. The largest absolute Gasteiger partial charge is 0.444 e. The summed E-state index contributed by atoms with van der Waals surface area (Å²) in [5, 5.41) is 16.4. The molecule has 0 spiro atoms. The highest BCUT2D eigenvalue weighted by Gasteiger charge is 2.25. The fourth-order valence-corrected chi connectivity index (χ4v) is 5.29. The highest BCUT2D eigenvalue weighted by atomic mass is 79.9. The third kappa shape index (κ3) is 10.1. The number of anilines is 1. The normalized spacial score (nSPS) is 18.0. The summed E-state index contributed by atoms with van der Waals surface area (Å²) in [7, 11) is 0. The van der Waals surface area contributed by atoms with E-state index in [0.717, 1.165) is 47.8 Å². The van der Waals surface area contributed by atoms with E-state index in [-0.39, 0.29) is 17.3 Å². The van der Waals surface area contributed by atoms with Crippen LogP contribution in [0, 0.1) is 11.8 Å². The second-order valence-corrected chi connectivity index (χ2v) is 12.9. The second kappa shape index (κ2) is 14.3. The zero-order chi connectivity index (χ0) is 29.4. The lowest BCUT2D eigenvalue weighted by Crippen LogP contribution is -2.44. The van der Waals surface area contributed by atoms with E-state index in [4.69, 9.17) is 16.3 Å². The van der Waals surface area contributed by atoms with Crippen LogP contribution in [-0.4, -0.2) is 51.9 Å². The zero-order valence-corrected chi connectivity index (χ0v) is 26.0. The van der Waals surface area contributed by atoms with Gasteiger partial charge in [-0.1, -0.05) is 28.1 Å². The molecule has 2 aromatic carbocycles. The number of hydrogen-bond donors (Lipinski definition) is 4. The summed E-state index contributed by atoms with van der Waals surface area (Å²) >= 11 is 9.33. The van der Waals surface area contributed by atoms with Crippen molar-refractivity contribution in [1.29, 1.82) is 0 Å². The van der Waals surface area contributed by atoms with Crippen LogP contribution in [0.25, 0.3) is 11.4 Å². The number of halogens is 2. The maximum Gasteiger partial charge on any atom is 0.407 e. The maximum absolute atomic E-state index is 13.4. The molecule has 1 atom stereocenters. The molecule has 3 aromatic rings. The van der Waals surface area contributed by atoms with Gasteiger partial charge in [-0.2, -0.15) is 10.1 Å². The van der Waals surface area contributed by atoms with Crippen LogP contribution in [0.1, 0.15) is 52.0 Å². The number of H-pyrrole nitrogens is 1. The van der Waals surface area contributed by atoms with E-state index in [1.165, 1.54) is 0 Å². The summed E-state index contributed by atoms with van der Waals surface area (Å²) in [6.07, 6.45) is 4.38. The van der Waals surface area contributed by atoms with Gasteiger partial charge in [-0.25, -0.2) is 9.89 Å². The minimum atomic E-state index is -0.498. The number of nitrogens with one attached hydrogen (secondary N) is 4. The highest BCUT2D eigenvalue weighted by Crippen LogP contribution is 2.28. The van der Waals surface area contributed by atoms with Crippen molar-refractivity contribution in [3.05, 3.63) is 63.9 Å². The van der Waals surface area contributed by atoms with Crippen molar-refractivity contribution in [3.8, 4) is 11.4 Å². The molecule has 1 aliphatic carbocycles. The lowest BCUT2D eigenvalue weighted by molar-refractivity contribution is -0.118. The Bertz CT molecular complexity index is 1280. The van der Waals surface area contributed by atoms with Crippen LogP contribution < -0.4 is 16.0 Å². The third-order valence-electron chi connectivity index (χ3n) is 7.09. The number of aromatic nitrogens is 3. The number of ether oxygens (including phenoxy) is 1. The van der Waals surface area contributed by atoms with E-state index < -0.39 is 11.6 Å². The molecule has 1 aliphatic rings. The zero-order valence-electron chi connectivity index (χ0n) is 23.7. The van der Waals surface area contributed by atoms with Crippen molar-refractivity contribution in [3.63, 3.8) is 0 Å². The molecule has 4 N–H and O–H groups in total. The van der Waals surface area contributed by atoms with Crippen LogP contribution in [0.5, 0.6) is 0 Å². The molecule has 0 saturated heterocycles. The topological polar surface area (TPSA) is 121 Å². The predicted molar refractivity (Wildman–Crippen MR) is 165 cm³/mol. The van der Waals surface area contributed by atoms with Crippen LogP contribution in [0.3, 0.4) is 0 Å². The summed E-state index contributed by atoms with van der Waals surface area (Å²) < 4.78 is 6.35. The molecule has 11 heteroatoms. The molecule has 1 saturated carbocycles. The first kappa shape index (κ1) is 31.0. The number of carbonyl (C=O) groups excluding carboxylic acids is 2. The Morgan fingerprint density at radius 2 is 1.66 bits per heavy atom.